The van der Waals surface area contributed by atoms with E-state index in [-0.39, 0.29) is 19.2 Å². The van der Waals surface area contributed by atoms with Gasteiger partial charge in [-0.2, -0.15) is 13.2 Å². The summed E-state index contributed by atoms with van der Waals surface area (Å²) in [6.45, 7) is 3.91. The Balaban J connectivity index is 0.00000289. The lowest BCUT2D eigenvalue weighted by molar-refractivity contribution is -0.545. The van der Waals surface area contributed by atoms with Crippen LogP contribution in [0.3, 0.4) is 0 Å². The first-order valence-corrected chi connectivity index (χ1v) is 11.2. The van der Waals surface area contributed by atoms with Crippen molar-refractivity contribution in [3.05, 3.63) is 58.7 Å². The molecular formula is C25H29ClF3NO2. The molecule has 0 saturated carbocycles. The lowest BCUT2D eigenvalue weighted by Crippen LogP contribution is -3.00. The predicted molar refractivity (Wildman–Crippen MR) is 114 cm³/mol. The van der Waals surface area contributed by atoms with Crippen molar-refractivity contribution in [1.29, 1.82) is 0 Å². The van der Waals surface area contributed by atoms with Gasteiger partial charge >= 0.3 is 6.18 Å². The van der Waals surface area contributed by atoms with Crippen LogP contribution in [-0.2, 0) is 19.1 Å². The normalized spacial score (nSPS) is 14.9. The van der Waals surface area contributed by atoms with Crippen molar-refractivity contribution in [1.82, 2.24) is 0 Å². The van der Waals surface area contributed by atoms with Crippen LogP contribution in [0.2, 0.25) is 0 Å². The molecule has 0 radical (unpaired) electrons. The minimum Gasteiger partial charge on any atom is -1.00 e. The molecule has 7 heteroatoms. The van der Waals surface area contributed by atoms with Crippen LogP contribution in [0.15, 0.2) is 36.4 Å². The standard InChI is InChI=1S/C25H29F3NO2.ClH/c1-2-3-4-5-6-7-22-21-15-24-23(30-17-31-24)14-19(21)12-13-29(22)16-18-8-10-20(11-9-18)25(26,27)28;/h8-11,14-15H,2-7,12-13,16-17H2,1H3;1H/q+1;/p-1. The quantitative estimate of drug-likeness (QED) is 0.438. The molecule has 32 heavy (non-hydrogen) atoms. The van der Waals surface area contributed by atoms with E-state index in [0.717, 1.165) is 42.9 Å². The summed E-state index contributed by atoms with van der Waals surface area (Å²) in [7, 11) is 0. The SMILES string of the molecule is CCCCCCCC1=[N+](Cc2ccc(C(F)(F)F)cc2)CCc2cc3c(cc21)OCO3.[Cl-]. The van der Waals surface area contributed by atoms with Crippen LogP contribution in [0.1, 0.15) is 67.7 Å². The number of fused-ring (bicyclic) bond motifs is 2. The molecule has 2 aromatic carbocycles. The Morgan fingerprint density at radius 2 is 1.62 bits per heavy atom. The number of hydrogen-bond donors (Lipinski definition) is 0. The highest BCUT2D eigenvalue weighted by molar-refractivity contribution is 5.99. The van der Waals surface area contributed by atoms with Crippen LogP contribution in [0.5, 0.6) is 11.5 Å². The molecule has 0 bridgehead atoms. The first-order chi connectivity index (χ1) is 15.0. The van der Waals surface area contributed by atoms with Gasteiger partial charge in [0.05, 0.1) is 5.56 Å². The summed E-state index contributed by atoms with van der Waals surface area (Å²) in [5.41, 5.74) is 4.00. The van der Waals surface area contributed by atoms with Gasteiger partial charge in [0.15, 0.2) is 23.8 Å². The molecule has 0 amide bonds. The summed E-state index contributed by atoms with van der Waals surface area (Å²) in [6.07, 6.45) is 3.52. The smallest absolute Gasteiger partial charge is 0.416 e. The van der Waals surface area contributed by atoms with E-state index in [1.54, 1.807) is 12.1 Å². The van der Waals surface area contributed by atoms with E-state index < -0.39 is 11.7 Å². The summed E-state index contributed by atoms with van der Waals surface area (Å²) in [5.74, 6) is 1.58. The first kappa shape index (κ1) is 24.4. The van der Waals surface area contributed by atoms with Gasteiger partial charge in [-0.05, 0) is 36.2 Å². The van der Waals surface area contributed by atoms with Crippen LogP contribution in [0, 0.1) is 0 Å². The molecule has 3 nitrogen and oxygen atoms in total. The number of ether oxygens (including phenoxy) is 2. The number of benzene rings is 2. The Morgan fingerprint density at radius 1 is 0.938 bits per heavy atom. The minimum absolute atomic E-state index is 0. The lowest BCUT2D eigenvalue weighted by Gasteiger charge is -2.20. The Hall–Kier alpha value is -2.21. The topological polar surface area (TPSA) is 21.5 Å². The minimum atomic E-state index is -4.30. The fourth-order valence-electron chi connectivity index (χ4n) is 4.40. The monoisotopic (exact) mass is 467 g/mol. The third-order valence-electron chi connectivity index (χ3n) is 6.11. The summed E-state index contributed by atoms with van der Waals surface area (Å²) < 4.78 is 52.2. The zero-order chi connectivity index (χ0) is 21.8. The van der Waals surface area contributed by atoms with E-state index in [1.165, 1.54) is 54.7 Å². The molecule has 2 aliphatic rings. The van der Waals surface area contributed by atoms with E-state index in [0.29, 0.717) is 6.54 Å². The van der Waals surface area contributed by atoms with Crippen LogP contribution < -0.4 is 21.9 Å². The highest BCUT2D eigenvalue weighted by atomic mass is 35.5. The number of hydrogen-bond acceptors (Lipinski definition) is 2. The van der Waals surface area contributed by atoms with Gasteiger partial charge < -0.3 is 21.9 Å². The maximum absolute atomic E-state index is 12.9. The van der Waals surface area contributed by atoms with Crippen LogP contribution in [0.25, 0.3) is 0 Å². The molecule has 0 aliphatic carbocycles. The van der Waals surface area contributed by atoms with Gasteiger partial charge in [-0.15, -0.1) is 0 Å². The molecular weight excluding hydrogens is 439 g/mol. The van der Waals surface area contributed by atoms with Gasteiger partial charge in [0.2, 0.25) is 6.79 Å². The molecule has 2 aliphatic heterocycles. The Labute approximate surface area is 193 Å². The largest absolute Gasteiger partial charge is 1.00 e. The highest BCUT2D eigenvalue weighted by Gasteiger charge is 2.31. The van der Waals surface area contributed by atoms with E-state index in [2.05, 4.69) is 23.6 Å². The second kappa shape index (κ2) is 10.6. The molecule has 0 N–H and O–H groups in total. The van der Waals surface area contributed by atoms with E-state index in [4.69, 9.17) is 9.47 Å². The summed E-state index contributed by atoms with van der Waals surface area (Å²) >= 11 is 0. The number of halogens is 4. The van der Waals surface area contributed by atoms with E-state index in [9.17, 15) is 13.2 Å². The Bertz CT molecular complexity index is 955. The summed E-state index contributed by atoms with van der Waals surface area (Å²) in [5, 5.41) is 0. The lowest BCUT2D eigenvalue weighted by atomic mass is 9.92. The molecule has 0 unspecified atom stereocenters. The van der Waals surface area contributed by atoms with Crippen molar-refractivity contribution >= 4 is 5.71 Å². The molecule has 2 heterocycles. The third kappa shape index (κ3) is 5.58. The molecule has 0 atom stereocenters. The van der Waals surface area contributed by atoms with Crippen molar-refractivity contribution in [3.8, 4) is 11.5 Å². The third-order valence-corrected chi connectivity index (χ3v) is 6.11. The van der Waals surface area contributed by atoms with Crippen molar-refractivity contribution in [2.24, 2.45) is 0 Å². The Morgan fingerprint density at radius 3 is 2.31 bits per heavy atom. The van der Waals surface area contributed by atoms with Crippen molar-refractivity contribution in [2.45, 2.75) is 64.6 Å². The number of alkyl halides is 3. The van der Waals surface area contributed by atoms with E-state index in [1.807, 2.05) is 0 Å². The van der Waals surface area contributed by atoms with Gasteiger partial charge in [0.1, 0.15) is 6.54 Å². The Kier molecular flexibility index (Phi) is 8.10. The number of rotatable bonds is 8. The van der Waals surface area contributed by atoms with Gasteiger partial charge in [0, 0.05) is 24.0 Å². The van der Waals surface area contributed by atoms with Gasteiger partial charge in [-0.25, -0.2) is 4.58 Å². The molecule has 2 aromatic rings. The zero-order valence-electron chi connectivity index (χ0n) is 18.3. The van der Waals surface area contributed by atoms with Crippen molar-refractivity contribution in [3.63, 3.8) is 0 Å². The van der Waals surface area contributed by atoms with Crippen LogP contribution >= 0.6 is 0 Å². The molecule has 174 valence electrons. The molecule has 4 rings (SSSR count). The first-order valence-electron chi connectivity index (χ1n) is 11.2. The maximum Gasteiger partial charge on any atom is 0.416 e. The van der Waals surface area contributed by atoms with Crippen LogP contribution in [0.4, 0.5) is 13.2 Å². The second-order valence-electron chi connectivity index (χ2n) is 8.34. The zero-order valence-corrected chi connectivity index (χ0v) is 19.1. The summed E-state index contributed by atoms with van der Waals surface area (Å²) in [4.78, 5) is 0. The van der Waals surface area contributed by atoms with Gasteiger partial charge in [-0.3, -0.25) is 0 Å². The molecule has 0 fully saturated rings. The summed E-state index contributed by atoms with van der Waals surface area (Å²) in [6, 6.07) is 9.71. The van der Waals surface area contributed by atoms with Crippen LogP contribution in [-0.4, -0.2) is 23.6 Å². The highest BCUT2D eigenvalue weighted by Crippen LogP contribution is 2.37. The molecule has 0 spiro atoms. The van der Waals surface area contributed by atoms with Gasteiger partial charge in [0.25, 0.3) is 0 Å². The fourth-order valence-corrected chi connectivity index (χ4v) is 4.40. The molecule has 0 saturated heterocycles. The number of unbranched alkanes of at least 4 members (excludes halogenated alkanes) is 4. The number of nitrogens with zero attached hydrogens (tertiary/aromatic N) is 1. The maximum atomic E-state index is 12.9. The van der Waals surface area contributed by atoms with Gasteiger partial charge in [-0.1, -0.05) is 44.7 Å². The second-order valence-corrected chi connectivity index (χ2v) is 8.34. The predicted octanol–water partition coefficient (Wildman–Crippen LogP) is 3.36. The van der Waals surface area contributed by atoms with E-state index >= 15 is 0 Å². The average molecular weight is 468 g/mol. The molecule has 0 aromatic heterocycles. The van der Waals surface area contributed by atoms with Crippen molar-refractivity contribution in [2.75, 3.05) is 13.3 Å². The fraction of sp³-hybridized carbons (Fsp3) is 0.480. The van der Waals surface area contributed by atoms with Crippen molar-refractivity contribution < 1.29 is 39.6 Å². The average Bonchev–Trinajstić information content (AvgIpc) is 3.20.